The van der Waals surface area contributed by atoms with E-state index in [1.807, 2.05) is 0 Å². The quantitative estimate of drug-likeness (QED) is 0.843. The summed E-state index contributed by atoms with van der Waals surface area (Å²) in [5.74, 6) is -0.184. The fourth-order valence-electron chi connectivity index (χ4n) is 2.01. The fourth-order valence-corrected chi connectivity index (χ4v) is 2.13. The zero-order valence-electron chi connectivity index (χ0n) is 11.0. The molecule has 0 radical (unpaired) electrons. The molecule has 0 unspecified atom stereocenters. The maximum Gasteiger partial charge on any atom is 0.325 e. The van der Waals surface area contributed by atoms with Crippen molar-refractivity contribution in [3.8, 4) is 0 Å². The van der Waals surface area contributed by atoms with E-state index in [2.05, 4.69) is 11.9 Å². The number of nitrogens with zero attached hydrogens (tertiary/aromatic N) is 2. The van der Waals surface area contributed by atoms with Gasteiger partial charge in [0.2, 0.25) is 5.91 Å². The zero-order valence-corrected chi connectivity index (χ0v) is 11.8. The summed E-state index contributed by atoms with van der Waals surface area (Å²) >= 11 is 5.83. The van der Waals surface area contributed by atoms with Crippen molar-refractivity contribution < 1.29 is 9.59 Å². The Bertz CT molecular complexity index is 516. The summed E-state index contributed by atoms with van der Waals surface area (Å²) in [4.78, 5) is 27.0. The van der Waals surface area contributed by atoms with Gasteiger partial charge < -0.3 is 10.2 Å². The van der Waals surface area contributed by atoms with Crippen LogP contribution in [0.4, 0.5) is 10.5 Å². The molecule has 1 N–H and O–H groups in total. The first kappa shape index (κ1) is 14.4. The highest BCUT2D eigenvalue weighted by molar-refractivity contribution is 6.30. The van der Waals surface area contributed by atoms with Gasteiger partial charge in [-0.05, 0) is 24.3 Å². The predicted octanol–water partition coefficient (Wildman–Crippen LogP) is 1.88. The molecule has 1 aliphatic heterocycles. The van der Waals surface area contributed by atoms with E-state index in [0.29, 0.717) is 24.7 Å². The largest absolute Gasteiger partial charge is 0.351 e. The third-order valence-electron chi connectivity index (χ3n) is 3.01. The summed E-state index contributed by atoms with van der Waals surface area (Å²) in [7, 11) is 0. The third-order valence-corrected chi connectivity index (χ3v) is 3.26. The van der Waals surface area contributed by atoms with Gasteiger partial charge in [-0.15, -0.1) is 6.58 Å². The number of hydrogen-bond acceptors (Lipinski definition) is 2. The molecule has 1 aliphatic rings. The van der Waals surface area contributed by atoms with Crippen molar-refractivity contribution in [2.24, 2.45) is 0 Å². The Morgan fingerprint density at radius 2 is 2.05 bits per heavy atom. The minimum atomic E-state index is -0.184. The monoisotopic (exact) mass is 293 g/mol. The van der Waals surface area contributed by atoms with E-state index in [1.54, 1.807) is 35.2 Å². The maximum atomic E-state index is 12.2. The van der Waals surface area contributed by atoms with Crippen LogP contribution < -0.4 is 10.2 Å². The van der Waals surface area contributed by atoms with Crippen LogP contribution in [-0.2, 0) is 4.79 Å². The van der Waals surface area contributed by atoms with Crippen LogP contribution in [0.2, 0.25) is 5.02 Å². The number of benzene rings is 1. The fraction of sp³-hybridized carbons (Fsp3) is 0.286. The number of urea groups is 1. The van der Waals surface area contributed by atoms with E-state index in [0.717, 1.165) is 5.69 Å². The number of rotatable bonds is 5. The number of hydrogen-bond donors (Lipinski definition) is 1. The molecular formula is C14H16ClN3O2. The minimum Gasteiger partial charge on any atom is -0.351 e. The minimum absolute atomic E-state index is 0.0662. The van der Waals surface area contributed by atoms with Gasteiger partial charge in [-0.25, -0.2) is 4.79 Å². The van der Waals surface area contributed by atoms with Gasteiger partial charge in [-0.1, -0.05) is 17.7 Å². The second kappa shape index (κ2) is 6.43. The van der Waals surface area contributed by atoms with Crippen LogP contribution >= 0.6 is 11.6 Å². The SMILES string of the molecule is C=CCNC(=O)CN1CCN(c2ccc(Cl)cc2)C1=O. The van der Waals surface area contributed by atoms with Gasteiger partial charge in [0.05, 0.1) is 0 Å². The van der Waals surface area contributed by atoms with Crippen LogP contribution in [0.1, 0.15) is 0 Å². The molecule has 0 bridgehead atoms. The maximum absolute atomic E-state index is 12.2. The molecule has 0 saturated carbocycles. The lowest BCUT2D eigenvalue weighted by atomic mass is 10.3. The number of carbonyl (C=O) groups is 2. The van der Waals surface area contributed by atoms with Gasteiger partial charge in [0.25, 0.3) is 0 Å². The molecule has 1 aromatic rings. The standard InChI is InChI=1S/C14H16ClN3O2/c1-2-7-16-13(19)10-17-8-9-18(14(17)20)12-5-3-11(15)4-6-12/h2-6H,1,7-10H2,(H,16,19). The summed E-state index contributed by atoms with van der Waals surface area (Å²) in [5.41, 5.74) is 0.786. The molecule has 2 rings (SSSR count). The van der Waals surface area contributed by atoms with Gasteiger partial charge >= 0.3 is 6.03 Å². The number of anilines is 1. The Labute approximate surface area is 122 Å². The molecule has 0 spiro atoms. The van der Waals surface area contributed by atoms with E-state index < -0.39 is 0 Å². The average Bonchev–Trinajstić information content (AvgIpc) is 2.79. The summed E-state index contributed by atoms with van der Waals surface area (Å²) in [5, 5.41) is 3.28. The number of amides is 3. The molecule has 5 nitrogen and oxygen atoms in total. The second-order valence-electron chi connectivity index (χ2n) is 4.42. The molecule has 3 amide bonds. The third kappa shape index (κ3) is 3.30. The summed E-state index contributed by atoms with van der Waals surface area (Å²) in [6.07, 6.45) is 1.60. The van der Waals surface area contributed by atoms with Crippen molar-refractivity contribution in [2.45, 2.75) is 0 Å². The molecule has 1 saturated heterocycles. The van der Waals surface area contributed by atoms with Gasteiger partial charge in [0.1, 0.15) is 6.54 Å². The highest BCUT2D eigenvalue weighted by Crippen LogP contribution is 2.22. The molecule has 0 atom stereocenters. The summed E-state index contributed by atoms with van der Waals surface area (Å²) < 4.78 is 0. The van der Waals surface area contributed by atoms with Crippen molar-refractivity contribution in [1.82, 2.24) is 10.2 Å². The molecule has 1 aromatic carbocycles. The molecule has 1 heterocycles. The normalized spacial score (nSPS) is 14.6. The van der Waals surface area contributed by atoms with Gasteiger partial charge in [0, 0.05) is 30.3 Å². The molecule has 6 heteroatoms. The number of nitrogens with one attached hydrogen (secondary N) is 1. The van der Waals surface area contributed by atoms with E-state index in [1.165, 1.54) is 4.90 Å². The molecule has 0 aromatic heterocycles. The highest BCUT2D eigenvalue weighted by atomic mass is 35.5. The van der Waals surface area contributed by atoms with Gasteiger partial charge in [-0.2, -0.15) is 0 Å². The van der Waals surface area contributed by atoms with E-state index >= 15 is 0 Å². The first-order valence-corrected chi connectivity index (χ1v) is 6.69. The second-order valence-corrected chi connectivity index (χ2v) is 4.86. The Morgan fingerprint density at radius 3 is 2.70 bits per heavy atom. The molecule has 106 valence electrons. The van der Waals surface area contributed by atoms with E-state index in [-0.39, 0.29) is 18.5 Å². The van der Waals surface area contributed by atoms with Crippen LogP contribution in [0, 0.1) is 0 Å². The van der Waals surface area contributed by atoms with Crippen molar-refractivity contribution in [2.75, 3.05) is 31.1 Å². The Balaban J connectivity index is 1.97. The molecular weight excluding hydrogens is 278 g/mol. The average molecular weight is 294 g/mol. The molecule has 1 fully saturated rings. The first-order chi connectivity index (χ1) is 9.61. The zero-order chi connectivity index (χ0) is 14.5. The van der Waals surface area contributed by atoms with Crippen LogP contribution in [0.25, 0.3) is 0 Å². The van der Waals surface area contributed by atoms with Crippen LogP contribution in [-0.4, -0.2) is 43.0 Å². The summed E-state index contributed by atoms with van der Waals surface area (Å²) in [6.45, 7) is 5.09. The Kier molecular flexibility index (Phi) is 4.63. The Morgan fingerprint density at radius 1 is 1.35 bits per heavy atom. The topological polar surface area (TPSA) is 52.7 Å². The predicted molar refractivity (Wildman–Crippen MR) is 79.0 cm³/mol. The molecule has 20 heavy (non-hydrogen) atoms. The lowest BCUT2D eigenvalue weighted by Crippen LogP contribution is -2.40. The first-order valence-electron chi connectivity index (χ1n) is 6.31. The summed E-state index contributed by atoms with van der Waals surface area (Å²) in [6, 6.07) is 6.90. The lowest BCUT2D eigenvalue weighted by Gasteiger charge is -2.18. The van der Waals surface area contributed by atoms with Crippen LogP contribution in [0.15, 0.2) is 36.9 Å². The highest BCUT2D eigenvalue weighted by Gasteiger charge is 2.30. The Hall–Kier alpha value is -2.01. The van der Waals surface area contributed by atoms with E-state index in [9.17, 15) is 9.59 Å². The van der Waals surface area contributed by atoms with Gasteiger partial charge in [0.15, 0.2) is 0 Å². The molecule has 0 aliphatic carbocycles. The lowest BCUT2D eigenvalue weighted by molar-refractivity contribution is -0.121. The number of halogens is 1. The van der Waals surface area contributed by atoms with Crippen molar-refractivity contribution in [3.63, 3.8) is 0 Å². The van der Waals surface area contributed by atoms with Crippen LogP contribution in [0.3, 0.4) is 0 Å². The van der Waals surface area contributed by atoms with Crippen molar-refractivity contribution >= 4 is 29.2 Å². The van der Waals surface area contributed by atoms with Crippen LogP contribution in [0.5, 0.6) is 0 Å². The van der Waals surface area contributed by atoms with Crippen molar-refractivity contribution in [1.29, 1.82) is 0 Å². The number of carbonyl (C=O) groups excluding carboxylic acids is 2. The smallest absolute Gasteiger partial charge is 0.325 e. The van der Waals surface area contributed by atoms with Gasteiger partial charge in [-0.3, -0.25) is 9.69 Å². The van der Waals surface area contributed by atoms with Crippen molar-refractivity contribution in [3.05, 3.63) is 41.9 Å². The van der Waals surface area contributed by atoms with E-state index in [4.69, 9.17) is 11.6 Å².